The number of pyridine rings is 1. The fourth-order valence-electron chi connectivity index (χ4n) is 4.91. The third kappa shape index (κ3) is 4.91. The summed E-state index contributed by atoms with van der Waals surface area (Å²) in [6, 6.07) is 16.4. The van der Waals surface area contributed by atoms with Crippen molar-refractivity contribution >= 4 is 16.5 Å². The van der Waals surface area contributed by atoms with Crippen molar-refractivity contribution in [2.45, 2.75) is 32.3 Å². The van der Waals surface area contributed by atoms with Crippen LogP contribution in [0.4, 0.5) is 0 Å². The van der Waals surface area contributed by atoms with E-state index in [9.17, 15) is 4.79 Å². The quantitative estimate of drug-likeness (QED) is 0.230. The zero-order chi connectivity index (χ0) is 25.5. The average Bonchev–Trinajstić information content (AvgIpc) is 2.89. The van der Waals surface area contributed by atoms with Crippen molar-refractivity contribution in [3.8, 4) is 0 Å². The maximum atomic E-state index is 12.6. The highest BCUT2D eigenvalue weighted by Gasteiger charge is 2.34. The molecule has 2 N–H and O–H groups in total. The lowest BCUT2D eigenvalue weighted by atomic mass is 9.69. The van der Waals surface area contributed by atoms with E-state index in [1.165, 1.54) is 0 Å². The molecule has 1 aromatic heterocycles. The van der Waals surface area contributed by atoms with Crippen LogP contribution in [0, 0.1) is 0 Å². The highest BCUT2D eigenvalue weighted by Crippen LogP contribution is 2.42. The first-order valence-electron chi connectivity index (χ1n) is 12.4. The molecule has 184 valence electrons. The molecule has 0 saturated carbocycles. The summed E-state index contributed by atoms with van der Waals surface area (Å²) in [5, 5.41) is 4.41. The van der Waals surface area contributed by atoms with Crippen LogP contribution in [-0.4, -0.2) is 18.1 Å². The van der Waals surface area contributed by atoms with E-state index in [4.69, 9.17) is 4.74 Å². The average molecular weight is 479 g/mol. The molecule has 36 heavy (non-hydrogen) atoms. The van der Waals surface area contributed by atoms with Crippen LogP contribution in [0.2, 0.25) is 0 Å². The van der Waals surface area contributed by atoms with Gasteiger partial charge in [0.15, 0.2) is 0 Å². The molecule has 4 bridgehead atoms. The molecule has 2 aromatic carbocycles. The Kier molecular flexibility index (Phi) is 7.87. The number of aromatic nitrogens is 1. The van der Waals surface area contributed by atoms with Crippen LogP contribution in [0.1, 0.15) is 42.5 Å². The Labute approximate surface area is 213 Å². The molecule has 0 fully saturated rings. The number of H-pyrrole nitrogens is 1. The van der Waals surface area contributed by atoms with Crippen LogP contribution in [0.3, 0.4) is 0 Å². The molecule has 1 unspecified atom stereocenters. The molecule has 4 nitrogen and oxygen atoms in total. The van der Waals surface area contributed by atoms with Gasteiger partial charge in [0, 0.05) is 23.5 Å². The Balaban J connectivity index is 2.08. The van der Waals surface area contributed by atoms with Crippen molar-refractivity contribution in [1.82, 2.24) is 10.3 Å². The molecule has 0 spiro atoms. The Bertz CT molecular complexity index is 1420. The van der Waals surface area contributed by atoms with Crippen LogP contribution in [0.25, 0.3) is 16.5 Å². The van der Waals surface area contributed by atoms with Gasteiger partial charge in [0.05, 0.1) is 18.6 Å². The van der Waals surface area contributed by atoms with Gasteiger partial charge in [0.2, 0.25) is 5.56 Å². The van der Waals surface area contributed by atoms with Gasteiger partial charge in [-0.3, -0.25) is 4.79 Å². The Hall–Kier alpha value is -3.89. The molecule has 1 atom stereocenters. The fraction of sp³-hybridized carbons (Fsp3) is 0.219. The summed E-state index contributed by atoms with van der Waals surface area (Å²) in [5.74, 6) is 0. The first-order valence-corrected chi connectivity index (χ1v) is 12.4. The second-order valence-corrected chi connectivity index (χ2v) is 9.07. The van der Waals surface area contributed by atoms with E-state index in [2.05, 4.69) is 79.9 Å². The molecular weight excluding hydrogens is 444 g/mol. The Morgan fingerprint density at radius 2 is 2.00 bits per heavy atom. The number of benzene rings is 2. The number of aromatic amines is 1. The largest absolute Gasteiger partial charge is 0.391 e. The summed E-state index contributed by atoms with van der Waals surface area (Å²) >= 11 is 0. The van der Waals surface area contributed by atoms with Crippen molar-refractivity contribution in [2.24, 2.45) is 0 Å². The third-order valence-corrected chi connectivity index (χ3v) is 6.73. The van der Waals surface area contributed by atoms with Gasteiger partial charge in [-0.25, -0.2) is 0 Å². The second-order valence-electron chi connectivity index (χ2n) is 9.07. The molecule has 0 amide bonds. The van der Waals surface area contributed by atoms with Crippen molar-refractivity contribution < 1.29 is 4.74 Å². The molecule has 0 saturated heterocycles. The maximum Gasteiger partial charge on any atom is 0.249 e. The van der Waals surface area contributed by atoms with Crippen molar-refractivity contribution in [3.05, 3.63) is 136 Å². The van der Waals surface area contributed by atoms with Crippen LogP contribution < -0.4 is 10.9 Å². The topological polar surface area (TPSA) is 54.1 Å². The minimum atomic E-state index is -0.576. The van der Waals surface area contributed by atoms with Gasteiger partial charge in [-0.2, -0.15) is 0 Å². The standard InChI is InChI=1S/C32H34N2O2/c1-5-8-11-25-15-17-36-22-24-10-9-12-26(18-24)32(7-3,23(4)21-33-16-6-2)27-13-14-30-29(19-27)28(25)20-31(35)34-30/h5,7-15,18-21,33H,1,3,6,16-17,22H2,2,4H3,(H,34,35)/b11-8-,23-21+,25-15+. The summed E-state index contributed by atoms with van der Waals surface area (Å²) in [6.45, 7) is 14.2. The van der Waals surface area contributed by atoms with Crippen molar-refractivity contribution in [1.29, 1.82) is 0 Å². The summed E-state index contributed by atoms with van der Waals surface area (Å²) < 4.78 is 6.05. The summed E-state index contributed by atoms with van der Waals surface area (Å²) in [6.07, 6.45) is 12.8. The summed E-state index contributed by atoms with van der Waals surface area (Å²) in [4.78, 5) is 15.6. The monoisotopic (exact) mass is 478 g/mol. The van der Waals surface area contributed by atoms with Crippen LogP contribution in [0.15, 0.2) is 109 Å². The molecule has 4 heteroatoms. The Morgan fingerprint density at radius 1 is 1.17 bits per heavy atom. The van der Waals surface area contributed by atoms with Crippen LogP contribution in [0.5, 0.6) is 0 Å². The van der Waals surface area contributed by atoms with Gasteiger partial charge in [-0.1, -0.05) is 74.2 Å². The molecule has 1 aliphatic rings. The highest BCUT2D eigenvalue weighted by molar-refractivity contribution is 5.94. The van der Waals surface area contributed by atoms with Gasteiger partial charge in [-0.05, 0) is 65.1 Å². The molecule has 4 rings (SSSR count). The van der Waals surface area contributed by atoms with Gasteiger partial charge >= 0.3 is 0 Å². The Morgan fingerprint density at radius 3 is 2.78 bits per heavy atom. The SMILES string of the molecule is C=C/C=C\C1=C/COCc2cccc(c2)C(C=C)(/C(C)=C/NCCC)c2ccc3[nH]c(=O)cc1c3c2. The number of rotatable bonds is 7. The van der Waals surface area contributed by atoms with E-state index >= 15 is 0 Å². The van der Waals surface area contributed by atoms with Crippen LogP contribution in [-0.2, 0) is 16.8 Å². The number of hydrogen-bond donors (Lipinski definition) is 2. The van der Waals surface area contributed by atoms with Gasteiger partial charge < -0.3 is 15.0 Å². The number of fused-ring (bicyclic) bond motifs is 3. The van der Waals surface area contributed by atoms with E-state index in [0.717, 1.165) is 57.3 Å². The summed E-state index contributed by atoms with van der Waals surface area (Å²) in [5.41, 5.74) is 6.26. The van der Waals surface area contributed by atoms with E-state index in [1.807, 2.05) is 30.4 Å². The highest BCUT2D eigenvalue weighted by atomic mass is 16.5. The predicted molar refractivity (Wildman–Crippen MR) is 151 cm³/mol. The molecule has 0 radical (unpaired) electrons. The molecule has 1 aliphatic heterocycles. The fourth-order valence-corrected chi connectivity index (χ4v) is 4.91. The lowest BCUT2D eigenvalue weighted by Crippen LogP contribution is -2.28. The number of hydrogen-bond acceptors (Lipinski definition) is 3. The second kappa shape index (κ2) is 11.2. The number of ether oxygens (including phenoxy) is 1. The van der Waals surface area contributed by atoms with E-state index in [0.29, 0.717) is 13.2 Å². The normalized spacial score (nSPS) is 19.7. The smallest absolute Gasteiger partial charge is 0.249 e. The van der Waals surface area contributed by atoms with Crippen molar-refractivity contribution in [3.63, 3.8) is 0 Å². The van der Waals surface area contributed by atoms with E-state index in [1.54, 1.807) is 12.1 Å². The lowest BCUT2D eigenvalue weighted by Gasteiger charge is -2.34. The molecular formula is C32H34N2O2. The van der Waals surface area contributed by atoms with Gasteiger partial charge in [0.1, 0.15) is 0 Å². The lowest BCUT2D eigenvalue weighted by molar-refractivity contribution is 0.149. The van der Waals surface area contributed by atoms with Gasteiger partial charge in [0.25, 0.3) is 0 Å². The first kappa shape index (κ1) is 25.2. The molecule has 2 heterocycles. The van der Waals surface area contributed by atoms with E-state index in [-0.39, 0.29) is 5.56 Å². The molecule has 3 aromatic rings. The maximum absolute atomic E-state index is 12.6. The minimum Gasteiger partial charge on any atom is -0.391 e. The summed E-state index contributed by atoms with van der Waals surface area (Å²) in [7, 11) is 0. The predicted octanol–water partition coefficient (Wildman–Crippen LogP) is 6.56. The third-order valence-electron chi connectivity index (χ3n) is 6.73. The molecule has 0 aliphatic carbocycles. The zero-order valence-corrected chi connectivity index (χ0v) is 21.1. The zero-order valence-electron chi connectivity index (χ0n) is 21.1. The van der Waals surface area contributed by atoms with Crippen LogP contribution >= 0.6 is 0 Å². The first-order chi connectivity index (χ1) is 17.5. The van der Waals surface area contributed by atoms with Crippen molar-refractivity contribution in [2.75, 3.05) is 13.2 Å². The van der Waals surface area contributed by atoms with E-state index < -0.39 is 5.41 Å². The van der Waals surface area contributed by atoms with Gasteiger partial charge in [-0.15, -0.1) is 6.58 Å². The number of nitrogens with one attached hydrogen (secondary N) is 2. The minimum absolute atomic E-state index is 0.144. The number of allylic oxidation sites excluding steroid dienone is 6.